The fourth-order valence-electron chi connectivity index (χ4n) is 4.71. The summed E-state index contributed by atoms with van der Waals surface area (Å²) in [5, 5.41) is 8.26. The average molecular weight is 461 g/mol. The predicted molar refractivity (Wildman–Crippen MR) is 129 cm³/mol. The molecule has 8 heteroatoms. The monoisotopic (exact) mass is 460 g/mol. The molecule has 1 N–H and O–H groups in total. The second-order valence-electron chi connectivity index (χ2n) is 8.65. The van der Waals surface area contributed by atoms with Crippen molar-refractivity contribution in [3.63, 3.8) is 0 Å². The number of methoxy groups -OCH3 is 3. The minimum Gasteiger partial charge on any atom is -0.496 e. The second kappa shape index (κ2) is 8.52. The van der Waals surface area contributed by atoms with E-state index in [9.17, 15) is 4.79 Å². The third kappa shape index (κ3) is 3.50. The summed E-state index contributed by atoms with van der Waals surface area (Å²) in [6, 6.07) is 9.32. The molecule has 2 heterocycles. The van der Waals surface area contributed by atoms with Gasteiger partial charge in [0, 0.05) is 34.9 Å². The fraction of sp³-hybridized carbons (Fsp3) is 0.346. The van der Waals surface area contributed by atoms with Crippen LogP contribution >= 0.6 is 0 Å². The van der Waals surface area contributed by atoms with Crippen molar-refractivity contribution in [1.29, 1.82) is 0 Å². The minimum absolute atomic E-state index is 0.101. The van der Waals surface area contributed by atoms with Crippen molar-refractivity contribution in [2.45, 2.75) is 39.2 Å². The average Bonchev–Trinajstić information content (AvgIpc) is 3.27. The van der Waals surface area contributed by atoms with Gasteiger partial charge in [-0.25, -0.2) is 4.68 Å². The quantitative estimate of drug-likeness (QED) is 0.595. The smallest absolute Gasteiger partial charge is 0.226 e. The Bertz CT molecular complexity index is 1320. The SMILES string of the molecule is COc1cc(OC)c(C2C3=C(CCCC3=O)Nc3nc(-c4ccc(C)c(C)c4)nn32)cc1OC. The Morgan fingerprint density at radius 3 is 2.38 bits per heavy atom. The Morgan fingerprint density at radius 2 is 1.68 bits per heavy atom. The van der Waals surface area contributed by atoms with E-state index < -0.39 is 6.04 Å². The Hall–Kier alpha value is -3.81. The number of hydrogen-bond acceptors (Lipinski definition) is 7. The normalized spacial score (nSPS) is 17.1. The summed E-state index contributed by atoms with van der Waals surface area (Å²) in [5.74, 6) is 2.99. The van der Waals surface area contributed by atoms with Gasteiger partial charge in [-0.15, -0.1) is 5.10 Å². The van der Waals surface area contributed by atoms with Crippen LogP contribution in [0.1, 0.15) is 42.0 Å². The van der Waals surface area contributed by atoms with Crippen molar-refractivity contribution in [1.82, 2.24) is 14.8 Å². The Labute approximate surface area is 198 Å². The van der Waals surface area contributed by atoms with Gasteiger partial charge in [-0.05, 0) is 49.9 Å². The van der Waals surface area contributed by atoms with Crippen LogP contribution in [0.15, 0.2) is 41.6 Å². The summed E-state index contributed by atoms with van der Waals surface area (Å²) in [6.45, 7) is 4.15. The zero-order valence-electron chi connectivity index (χ0n) is 20.1. The highest BCUT2D eigenvalue weighted by atomic mass is 16.5. The number of aromatic nitrogens is 3. The van der Waals surface area contributed by atoms with Gasteiger partial charge in [-0.1, -0.05) is 12.1 Å². The van der Waals surface area contributed by atoms with E-state index in [4.69, 9.17) is 24.3 Å². The molecule has 1 unspecified atom stereocenters. The van der Waals surface area contributed by atoms with Crippen LogP contribution in [0.2, 0.25) is 0 Å². The van der Waals surface area contributed by atoms with Crippen LogP contribution in [0.25, 0.3) is 11.4 Å². The summed E-state index contributed by atoms with van der Waals surface area (Å²) in [5.41, 5.74) is 5.66. The first-order valence-electron chi connectivity index (χ1n) is 11.3. The van der Waals surface area contributed by atoms with Gasteiger partial charge in [0.05, 0.1) is 21.3 Å². The number of nitrogens with one attached hydrogen (secondary N) is 1. The molecule has 2 aromatic carbocycles. The topological polar surface area (TPSA) is 87.5 Å². The lowest BCUT2D eigenvalue weighted by Gasteiger charge is -2.33. The van der Waals surface area contributed by atoms with Gasteiger partial charge in [-0.3, -0.25) is 4.79 Å². The van der Waals surface area contributed by atoms with Crippen molar-refractivity contribution in [3.05, 3.63) is 58.3 Å². The number of carbonyl (C=O) groups is 1. The number of benzene rings is 2. The van der Waals surface area contributed by atoms with Gasteiger partial charge in [-0.2, -0.15) is 4.98 Å². The van der Waals surface area contributed by atoms with Crippen LogP contribution < -0.4 is 19.5 Å². The first-order valence-corrected chi connectivity index (χ1v) is 11.3. The zero-order valence-corrected chi connectivity index (χ0v) is 20.1. The number of Topliss-reactive ketones (excluding diaryl/α,β-unsaturated/α-hetero) is 1. The first-order chi connectivity index (χ1) is 16.4. The maximum absolute atomic E-state index is 13.2. The van der Waals surface area contributed by atoms with Crippen LogP contribution in [0.5, 0.6) is 17.2 Å². The fourth-order valence-corrected chi connectivity index (χ4v) is 4.71. The third-order valence-electron chi connectivity index (χ3n) is 6.66. The van der Waals surface area contributed by atoms with Gasteiger partial charge >= 0.3 is 0 Å². The lowest BCUT2D eigenvalue weighted by molar-refractivity contribution is -0.116. The molecule has 176 valence electrons. The molecular formula is C26H28N4O4. The van der Waals surface area contributed by atoms with E-state index in [2.05, 4.69) is 31.3 Å². The maximum Gasteiger partial charge on any atom is 0.226 e. The number of allylic oxidation sites excluding steroid dienone is 2. The lowest BCUT2D eigenvalue weighted by atomic mass is 9.85. The Morgan fingerprint density at radius 1 is 0.941 bits per heavy atom. The molecule has 0 spiro atoms. The molecule has 1 aromatic heterocycles. The number of aryl methyl sites for hydroxylation is 2. The molecule has 2 aliphatic rings. The Kier molecular flexibility index (Phi) is 5.51. The van der Waals surface area contributed by atoms with Crippen molar-refractivity contribution >= 4 is 11.7 Å². The molecule has 1 atom stereocenters. The van der Waals surface area contributed by atoms with Crippen LogP contribution in [-0.2, 0) is 4.79 Å². The molecule has 34 heavy (non-hydrogen) atoms. The van der Waals surface area contributed by atoms with Crippen LogP contribution in [0, 0.1) is 13.8 Å². The van der Waals surface area contributed by atoms with Crippen LogP contribution in [0.4, 0.5) is 5.95 Å². The lowest BCUT2D eigenvalue weighted by Crippen LogP contribution is -2.31. The number of nitrogens with zero attached hydrogens (tertiary/aromatic N) is 3. The van der Waals surface area contributed by atoms with E-state index in [1.165, 1.54) is 11.1 Å². The van der Waals surface area contributed by atoms with E-state index in [0.29, 0.717) is 41.0 Å². The molecule has 8 nitrogen and oxygen atoms in total. The summed E-state index contributed by atoms with van der Waals surface area (Å²) < 4.78 is 18.6. The first kappa shape index (κ1) is 22.0. The summed E-state index contributed by atoms with van der Waals surface area (Å²) in [7, 11) is 4.77. The molecule has 0 saturated heterocycles. The van der Waals surface area contributed by atoms with E-state index >= 15 is 0 Å². The molecule has 0 amide bonds. The highest BCUT2D eigenvalue weighted by Crippen LogP contribution is 2.46. The van der Waals surface area contributed by atoms with E-state index in [0.717, 1.165) is 29.7 Å². The third-order valence-corrected chi connectivity index (χ3v) is 6.66. The minimum atomic E-state index is -0.499. The van der Waals surface area contributed by atoms with Crippen molar-refractivity contribution < 1.29 is 19.0 Å². The van der Waals surface area contributed by atoms with Crippen LogP contribution in [-0.4, -0.2) is 41.9 Å². The van der Waals surface area contributed by atoms with Gasteiger partial charge < -0.3 is 19.5 Å². The highest BCUT2D eigenvalue weighted by Gasteiger charge is 2.39. The highest BCUT2D eigenvalue weighted by molar-refractivity contribution is 5.99. The van der Waals surface area contributed by atoms with Crippen LogP contribution in [0.3, 0.4) is 0 Å². The molecule has 5 rings (SSSR count). The molecule has 0 radical (unpaired) electrons. The molecule has 0 bridgehead atoms. The predicted octanol–water partition coefficient (Wildman–Crippen LogP) is 4.61. The molecule has 0 saturated carbocycles. The second-order valence-corrected chi connectivity index (χ2v) is 8.65. The zero-order chi connectivity index (χ0) is 24.0. The van der Waals surface area contributed by atoms with E-state index in [1.807, 2.05) is 12.1 Å². The number of fused-ring (bicyclic) bond motifs is 1. The van der Waals surface area contributed by atoms with Crippen molar-refractivity contribution in [2.24, 2.45) is 0 Å². The molecule has 3 aromatic rings. The van der Waals surface area contributed by atoms with E-state index in [1.54, 1.807) is 32.1 Å². The maximum atomic E-state index is 13.2. The molecule has 1 aliphatic heterocycles. The Balaban J connectivity index is 1.73. The number of hydrogen-bond donors (Lipinski definition) is 1. The number of ketones is 1. The number of carbonyl (C=O) groups excluding carboxylic acids is 1. The number of anilines is 1. The molecule has 0 fully saturated rings. The standard InChI is InChI=1S/C26H28N4O4/c1-14-9-10-16(11-15(14)2)25-28-26-27-18-7-6-8-19(31)23(18)24(30(26)29-25)17-12-21(33-4)22(34-5)13-20(17)32-3/h9-13,24H,6-8H2,1-5H3,(H,27,28,29). The molecular weight excluding hydrogens is 432 g/mol. The van der Waals surface area contributed by atoms with E-state index in [-0.39, 0.29) is 5.78 Å². The molecule has 1 aliphatic carbocycles. The van der Waals surface area contributed by atoms with Gasteiger partial charge in [0.1, 0.15) is 11.8 Å². The van der Waals surface area contributed by atoms with Crippen molar-refractivity contribution in [2.75, 3.05) is 26.6 Å². The van der Waals surface area contributed by atoms with Crippen molar-refractivity contribution in [3.8, 4) is 28.6 Å². The van der Waals surface area contributed by atoms with Gasteiger partial charge in [0.25, 0.3) is 0 Å². The summed E-state index contributed by atoms with van der Waals surface area (Å²) in [4.78, 5) is 18.0. The number of ether oxygens (including phenoxy) is 3. The van der Waals surface area contributed by atoms with Gasteiger partial charge in [0.2, 0.25) is 5.95 Å². The number of rotatable bonds is 5. The van der Waals surface area contributed by atoms with Gasteiger partial charge in [0.15, 0.2) is 23.1 Å². The summed E-state index contributed by atoms with van der Waals surface area (Å²) >= 11 is 0. The summed E-state index contributed by atoms with van der Waals surface area (Å²) in [6.07, 6.45) is 2.08. The largest absolute Gasteiger partial charge is 0.496 e.